The molecule has 0 rings (SSSR count). The summed E-state index contributed by atoms with van der Waals surface area (Å²) < 4.78 is 0. The van der Waals surface area contributed by atoms with Gasteiger partial charge in [-0.05, 0) is 27.9 Å². The van der Waals surface area contributed by atoms with Gasteiger partial charge in [-0.2, -0.15) is 9.59 Å². The Balaban J connectivity index is -0.0000000792. The van der Waals surface area contributed by atoms with Crippen molar-refractivity contribution in [3.63, 3.8) is 0 Å². The van der Waals surface area contributed by atoms with Crippen LogP contribution in [0.3, 0.4) is 0 Å². The van der Waals surface area contributed by atoms with Gasteiger partial charge in [0.15, 0.2) is 0 Å². The summed E-state index contributed by atoms with van der Waals surface area (Å²) in [7, 11) is 14.9. The molecule has 0 aromatic heterocycles. The van der Waals surface area contributed by atoms with Crippen molar-refractivity contribution in [2.45, 2.75) is 0 Å². The van der Waals surface area contributed by atoms with E-state index in [2.05, 4.69) is 17.7 Å². The van der Waals surface area contributed by atoms with Gasteiger partial charge in [-0.25, -0.2) is 0 Å². The Morgan fingerprint density at radius 1 is 1.35 bits per heavy atom. The van der Waals surface area contributed by atoms with Gasteiger partial charge in [0, 0.05) is 7.05 Å². The summed E-state index contributed by atoms with van der Waals surface area (Å²) in [6.45, 7) is 4.03. The van der Waals surface area contributed by atoms with Crippen molar-refractivity contribution < 1.29 is 14.4 Å². The number of nitrogens with one attached hydrogen (secondary N) is 1. The van der Waals surface area contributed by atoms with Crippen molar-refractivity contribution in [2.24, 2.45) is 5.73 Å². The van der Waals surface area contributed by atoms with Crippen LogP contribution in [0.1, 0.15) is 0 Å². The van der Waals surface area contributed by atoms with Crippen LogP contribution >= 0.6 is 32.2 Å². The lowest BCUT2D eigenvalue weighted by molar-refractivity contribution is -0.191. The van der Waals surface area contributed by atoms with Crippen molar-refractivity contribution in [1.29, 1.82) is 0 Å². The number of amides is 1. The van der Waals surface area contributed by atoms with Crippen LogP contribution < -0.4 is 11.1 Å². The van der Waals surface area contributed by atoms with Gasteiger partial charge in [0.25, 0.3) is 0 Å². The molecule has 0 aromatic rings. The third-order valence-corrected chi connectivity index (χ3v) is 5.17. The van der Waals surface area contributed by atoms with E-state index in [1.54, 1.807) is 7.05 Å². The van der Waals surface area contributed by atoms with E-state index in [4.69, 9.17) is 24.7 Å². The van der Waals surface area contributed by atoms with Gasteiger partial charge in [-0.3, -0.25) is 4.79 Å². The predicted octanol–water partition coefficient (Wildman–Crippen LogP) is 1.08. The van der Waals surface area contributed by atoms with E-state index < -0.39 is 7.49 Å². The second-order valence-electron chi connectivity index (χ2n) is 1.63. The molecule has 0 bridgehead atoms. The zero-order valence-electron chi connectivity index (χ0n) is 10.4. The molecular formula is C6H18B2N2O3P4. The molecule has 0 fully saturated rings. The topological polar surface area (TPSA) is 89.3 Å². The highest BCUT2D eigenvalue weighted by molar-refractivity contribution is 8.39. The number of hydrogen-bond acceptors (Lipinski definition) is 4. The van der Waals surface area contributed by atoms with E-state index in [1.165, 1.54) is 7.05 Å². The molecule has 4 unspecified atom stereocenters. The SMILES string of the molecule is CN.O=C=O.[B]P(PC)C(=O)NC.[B]PPC. The van der Waals surface area contributed by atoms with Crippen LogP contribution in [-0.2, 0) is 9.59 Å². The molecule has 0 aliphatic carbocycles. The highest BCUT2D eigenvalue weighted by Crippen LogP contribution is 2.48. The Kier molecular flexibility index (Phi) is 46.4. The molecule has 4 radical (unpaired) electrons. The Bertz CT molecular complexity index is 183. The molecule has 0 heterocycles. The third-order valence-electron chi connectivity index (χ3n) is 0.818. The van der Waals surface area contributed by atoms with Gasteiger partial charge >= 0.3 is 6.15 Å². The molecule has 0 aliphatic rings. The van der Waals surface area contributed by atoms with Crippen LogP contribution in [-0.4, -0.2) is 54.4 Å². The van der Waals surface area contributed by atoms with Crippen LogP contribution in [0, 0.1) is 0 Å². The maximum atomic E-state index is 10.5. The lowest BCUT2D eigenvalue weighted by Gasteiger charge is -2.05. The summed E-state index contributed by atoms with van der Waals surface area (Å²) >= 11 is 0. The van der Waals surface area contributed by atoms with E-state index in [0.29, 0.717) is 16.4 Å². The number of rotatable bonds is 3. The number of carbonyl (C=O) groups excluding carboxylic acids is 3. The molecule has 0 aliphatic heterocycles. The number of nitrogens with two attached hydrogens (primary N) is 1. The summed E-state index contributed by atoms with van der Waals surface area (Å²) in [5.41, 5.74) is 4.49. The molecule has 0 saturated heterocycles. The second kappa shape index (κ2) is 30.1. The first-order valence-corrected chi connectivity index (χ1v) is 11.5. The summed E-state index contributed by atoms with van der Waals surface area (Å²) in [5.74, 6) is 0. The van der Waals surface area contributed by atoms with Crippen molar-refractivity contribution in [3.05, 3.63) is 0 Å². The zero-order chi connectivity index (χ0) is 14.7. The first-order chi connectivity index (χ1) is 8.05. The van der Waals surface area contributed by atoms with Crippen LogP contribution in [0.4, 0.5) is 4.79 Å². The van der Waals surface area contributed by atoms with Crippen LogP contribution in [0.25, 0.3) is 0 Å². The molecular weight excluding hydrogens is 294 g/mol. The van der Waals surface area contributed by atoms with E-state index in [9.17, 15) is 4.79 Å². The van der Waals surface area contributed by atoms with Gasteiger partial charge < -0.3 is 11.1 Å². The summed E-state index contributed by atoms with van der Waals surface area (Å²) in [6.07, 6.45) is 0.250. The molecule has 96 valence electrons. The molecule has 0 saturated carbocycles. The minimum atomic E-state index is -0.862. The van der Waals surface area contributed by atoms with Gasteiger partial charge in [-0.1, -0.05) is 0 Å². The fourth-order valence-corrected chi connectivity index (χ4v) is 1.61. The number of carbonyl (C=O) groups is 1. The van der Waals surface area contributed by atoms with Gasteiger partial charge in [0.05, 0.1) is 0 Å². The fourth-order valence-electron chi connectivity index (χ4n) is 0.222. The fraction of sp³-hybridized carbons (Fsp3) is 0.667. The monoisotopic (exact) mass is 312 g/mol. The molecule has 3 N–H and O–H groups in total. The first-order valence-electron chi connectivity index (χ1n) is 4.18. The second-order valence-corrected chi connectivity index (χ2v) is 9.16. The molecule has 1 amide bonds. The maximum absolute atomic E-state index is 10.5. The number of hydrogen-bond donors (Lipinski definition) is 2. The van der Waals surface area contributed by atoms with E-state index in [1.807, 2.05) is 6.66 Å². The van der Waals surface area contributed by atoms with E-state index in [-0.39, 0.29) is 11.8 Å². The highest BCUT2D eigenvalue weighted by Gasteiger charge is 2.04. The molecule has 11 heteroatoms. The average molecular weight is 312 g/mol. The smallest absolute Gasteiger partial charge is 0.356 e. The summed E-state index contributed by atoms with van der Waals surface area (Å²) in [4.78, 5) is 26.8. The quantitative estimate of drug-likeness (QED) is 0.603. The normalized spacial score (nSPS) is 10.6. The Morgan fingerprint density at radius 2 is 1.65 bits per heavy atom. The lowest BCUT2D eigenvalue weighted by Crippen LogP contribution is -2.11. The largest absolute Gasteiger partial charge is 0.373 e. The Morgan fingerprint density at radius 3 is 1.71 bits per heavy atom. The zero-order valence-corrected chi connectivity index (χ0v) is 14.3. The van der Waals surface area contributed by atoms with E-state index in [0.717, 1.165) is 8.27 Å². The Hall–Kier alpha value is 0.660. The lowest BCUT2D eigenvalue weighted by atomic mass is 10.8. The first kappa shape index (κ1) is 26.3. The third kappa shape index (κ3) is 38.4. The van der Waals surface area contributed by atoms with Gasteiger partial charge in [0.1, 0.15) is 15.1 Å². The standard InChI is InChI=1S/C3H8BNOP2.CH5BP2.CH5N.CO2/c1-5-3(6)8(4)7-2;1-3-4-2;1-2;2-1-3/h7H,1-2H3,(H,5,6);3-4H,1H3;2H2,1H3;. The average Bonchev–Trinajstić information content (AvgIpc) is 2.40. The van der Waals surface area contributed by atoms with Crippen molar-refractivity contribution in [1.82, 2.24) is 5.32 Å². The minimum absolute atomic E-state index is 0.0131. The molecule has 4 atom stereocenters. The van der Waals surface area contributed by atoms with E-state index >= 15 is 0 Å². The van der Waals surface area contributed by atoms with Crippen LogP contribution in [0.5, 0.6) is 0 Å². The molecule has 0 spiro atoms. The molecule has 0 aromatic carbocycles. The molecule has 5 nitrogen and oxygen atoms in total. The minimum Gasteiger partial charge on any atom is -0.356 e. The summed E-state index contributed by atoms with van der Waals surface area (Å²) in [6, 6.07) is 0. The van der Waals surface area contributed by atoms with Gasteiger partial charge in [-0.15, -0.1) is 24.7 Å². The maximum Gasteiger partial charge on any atom is 0.373 e. The highest BCUT2D eigenvalue weighted by atomic mass is 32.0. The van der Waals surface area contributed by atoms with Crippen molar-refractivity contribution in [3.8, 4) is 0 Å². The van der Waals surface area contributed by atoms with Crippen molar-refractivity contribution in [2.75, 3.05) is 27.4 Å². The predicted molar refractivity (Wildman–Crippen MR) is 84.8 cm³/mol. The van der Waals surface area contributed by atoms with Crippen molar-refractivity contribution >= 4 is 59.1 Å². The summed E-state index contributed by atoms with van der Waals surface area (Å²) in [5, 5.41) is 2.49. The Labute approximate surface area is 112 Å². The van der Waals surface area contributed by atoms with Gasteiger partial charge in [0.2, 0.25) is 5.65 Å². The van der Waals surface area contributed by atoms with Crippen LogP contribution in [0.15, 0.2) is 0 Å². The van der Waals surface area contributed by atoms with Crippen LogP contribution in [0.2, 0.25) is 0 Å². The molecule has 17 heavy (non-hydrogen) atoms.